The fraction of sp³-hybridized carbons (Fsp3) is 0.545. The summed E-state index contributed by atoms with van der Waals surface area (Å²) in [6.45, 7) is 6.37. The molecule has 3 rings (SSSR count). The zero-order valence-electron chi connectivity index (χ0n) is 17.9. The van der Waals surface area contributed by atoms with Crippen LogP contribution in [0, 0.1) is 5.41 Å². The van der Waals surface area contributed by atoms with Crippen LogP contribution in [0.15, 0.2) is 24.3 Å². The predicted octanol–water partition coefficient (Wildman–Crippen LogP) is 2.11. The van der Waals surface area contributed by atoms with E-state index in [0.717, 1.165) is 30.2 Å². The number of aromatic nitrogens is 2. The summed E-state index contributed by atoms with van der Waals surface area (Å²) in [6, 6.07) is 7.08. The van der Waals surface area contributed by atoms with Crippen LogP contribution in [0.25, 0.3) is 10.9 Å². The molecule has 0 spiro atoms. The average Bonchev–Trinajstić information content (AvgIpc) is 3.40. The third kappa shape index (κ3) is 5.37. The number of amides is 3. The van der Waals surface area contributed by atoms with Crippen molar-refractivity contribution in [2.24, 2.45) is 11.1 Å². The molecular weight excluding hydrogens is 382 g/mol. The molecule has 8 nitrogen and oxygen atoms in total. The number of nitrogens with two attached hydrogens (primary N) is 1. The Balaban J connectivity index is 1.79. The van der Waals surface area contributed by atoms with E-state index in [4.69, 9.17) is 5.73 Å². The van der Waals surface area contributed by atoms with Crippen molar-refractivity contribution in [3.8, 4) is 0 Å². The van der Waals surface area contributed by atoms with Gasteiger partial charge in [0.25, 0.3) is 5.91 Å². The molecule has 1 aliphatic rings. The van der Waals surface area contributed by atoms with Gasteiger partial charge >= 0.3 is 0 Å². The minimum absolute atomic E-state index is 0.159. The van der Waals surface area contributed by atoms with E-state index in [1.54, 1.807) is 4.68 Å². The highest BCUT2D eigenvalue weighted by Gasteiger charge is 2.36. The number of hydrogen-bond acceptors (Lipinski definition) is 4. The first-order valence-electron chi connectivity index (χ1n) is 10.5. The summed E-state index contributed by atoms with van der Waals surface area (Å²) < 4.78 is 1.78. The minimum atomic E-state index is -0.662. The highest BCUT2D eigenvalue weighted by Crippen LogP contribution is 2.25. The number of carbonyl (C=O) groups excluding carboxylic acids is 3. The lowest BCUT2D eigenvalue weighted by Crippen LogP contribution is -2.54. The molecule has 0 saturated heterocycles. The maximum Gasteiger partial charge on any atom is 0.273 e. The molecule has 4 N–H and O–H groups in total. The van der Waals surface area contributed by atoms with E-state index < -0.39 is 11.5 Å². The second-order valence-electron chi connectivity index (χ2n) is 9.07. The number of benzene rings is 1. The number of para-hydroxylation sites is 1. The van der Waals surface area contributed by atoms with Gasteiger partial charge in [0, 0.05) is 24.4 Å². The van der Waals surface area contributed by atoms with Gasteiger partial charge in [-0.2, -0.15) is 5.10 Å². The van der Waals surface area contributed by atoms with E-state index in [1.165, 1.54) is 0 Å². The van der Waals surface area contributed by atoms with Crippen LogP contribution >= 0.6 is 0 Å². The molecule has 0 bridgehead atoms. The third-order valence-electron chi connectivity index (χ3n) is 5.24. The molecule has 0 unspecified atom stereocenters. The van der Waals surface area contributed by atoms with Crippen LogP contribution in [-0.4, -0.2) is 39.6 Å². The van der Waals surface area contributed by atoms with Gasteiger partial charge in [0.05, 0.1) is 5.52 Å². The van der Waals surface area contributed by atoms with Crippen LogP contribution in [0.5, 0.6) is 0 Å². The van der Waals surface area contributed by atoms with E-state index in [2.05, 4.69) is 15.7 Å². The number of hydrogen-bond donors (Lipinski definition) is 3. The Morgan fingerprint density at radius 1 is 1.20 bits per heavy atom. The van der Waals surface area contributed by atoms with Gasteiger partial charge in [-0.15, -0.1) is 0 Å². The zero-order chi connectivity index (χ0) is 21.9. The summed E-state index contributed by atoms with van der Waals surface area (Å²) in [5, 5.41) is 11.2. The topological polar surface area (TPSA) is 119 Å². The lowest BCUT2D eigenvalue weighted by molar-refractivity contribution is -0.125. The number of rotatable bonds is 9. The van der Waals surface area contributed by atoms with Gasteiger partial charge in [-0.25, -0.2) is 0 Å². The smallest absolute Gasteiger partial charge is 0.273 e. The summed E-state index contributed by atoms with van der Waals surface area (Å²) in [5.74, 6) is -0.848. The fourth-order valence-electron chi connectivity index (χ4n) is 3.41. The molecule has 1 atom stereocenters. The van der Waals surface area contributed by atoms with Crippen LogP contribution in [0.4, 0.5) is 0 Å². The van der Waals surface area contributed by atoms with Crippen LogP contribution in [0.1, 0.15) is 63.4 Å². The van der Waals surface area contributed by atoms with Crippen molar-refractivity contribution in [3.05, 3.63) is 30.0 Å². The first-order chi connectivity index (χ1) is 14.2. The summed E-state index contributed by atoms with van der Waals surface area (Å²) in [6.07, 6.45) is 3.70. The van der Waals surface area contributed by atoms with E-state index in [0.29, 0.717) is 25.1 Å². The first kappa shape index (κ1) is 21.8. The molecule has 1 saturated carbocycles. The van der Waals surface area contributed by atoms with Gasteiger partial charge in [0.1, 0.15) is 6.04 Å². The van der Waals surface area contributed by atoms with Crippen molar-refractivity contribution in [1.82, 2.24) is 20.4 Å². The summed E-state index contributed by atoms with van der Waals surface area (Å²) in [5.41, 5.74) is 5.90. The fourth-order valence-corrected chi connectivity index (χ4v) is 3.41. The van der Waals surface area contributed by atoms with Crippen LogP contribution in [0.2, 0.25) is 0 Å². The Morgan fingerprint density at radius 3 is 2.53 bits per heavy atom. The maximum absolute atomic E-state index is 13.1. The lowest BCUT2D eigenvalue weighted by atomic mass is 9.86. The summed E-state index contributed by atoms with van der Waals surface area (Å²) in [4.78, 5) is 36.8. The highest BCUT2D eigenvalue weighted by molar-refractivity contribution is 6.06. The van der Waals surface area contributed by atoms with Gasteiger partial charge in [-0.3, -0.25) is 19.1 Å². The first-order valence-corrected chi connectivity index (χ1v) is 10.5. The second kappa shape index (κ2) is 8.85. The third-order valence-corrected chi connectivity index (χ3v) is 5.24. The number of aryl methyl sites for hydroxylation is 1. The monoisotopic (exact) mass is 413 g/mol. The number of nitrogens with zero attached hydrogens (tertiary/aromatic N) is 2. The standard InChI is InChI=1S/C22H31N5O3/c1-22(2,3)19(21(30)24-14-11-12-14)25-20(29)18-15-8-4-5-9-16(15)27(26-18)13-7-6-10-17(23)28/h4-5,8-9,14,19H,6-7,10-13H2,1-3H3,(H2,23,28)(H,24,30)(H,25,29)/t19-/m1/s1. The summed E-state index contributed by atoms with van der Waals surface area (Å²) >= 11 is 0. The van der Waals surface area contributed by atoms with Crippen LogP contribution < -0.4 is 16.4 Å². The predicted molar refractivity (Wildman–Crippen MR) is 115 cm³/mol. The van der Waals surface area contributed by atoms with Crippen molar-refractivity contribution in [1.29, 1.82) is 0 Å². The largest absolute Gasteiger partial charge is 0.370 e. The number of unbranched alkanes of at least 4 members (excludes halogenated alkanes) is 1. The van der Waals surface area contributed by atoms with Crippen molar-refractivity contribution >= 4 is 28.6 Å². The van der Waals surface area contributed by atoms with Gasteiger partial charge < -0.3 is 16.4 Å². The van der Waals surface area contributed by atoms with Crippen molar-refractivity contribution in [3.63, 3.8) is 0 Å². The molecule has 8 heteroatoms. The Labute approximate surface area is 176 Å². The average molecular weight is 414 g/mol. The Kier molecular flexibility index (Phi) is 6.43. The highest BCUT2D eigenvalue weighted by atomic mass is 16.2. The maximum atomic E-state index is 13.1. The van der Waals surface area contributed by atoms with Crippen molar-refractivity contribution < 1.29 is 14.4 Å². The molecule has 1 aromatic carbocycles. The van der Waals surface area contributed by atoms with E-state index >= 15 is 0 Å². The molecule has 3 amide bonds. The quantitative estimate of drug-likeness (QED) is 0.546. The van der Waals surface area contributed by atoms with Gasteiger partial charge in [-0.05, 0) is 37.2 Å². The van der Waals surface area contributed by atoms with Gasteiger partial charge in [-0.1, -0.05) is 39.0 Å². The van der Waals surface area contributed by atoms with E-state index in [-0.39, 0.29) is 23.8 Å². The lowest BCUT2D eigenvalue weighted by Gasteiger charge is -2.30. The Hall–Kier alpha value is -2.90. The number of carbonyl (C=O) groups is 3. The minimum Gasteiger partial charge on any atom is -0.370 e. The van der Waals surface area contributed by atoms with Crippen molar-refractivity contribution in [2.75, 3.05) is 0 Å². The van der Waals surface area contributed by atoms with Gasteiger partial charge in [0.15, 0.2) is 5.69 Å². The molecule has 0 radical (unpaired) electrons. The van der Waals surface area contributed by atoms with Crippen LogP contribution in [0.3, 0.4) is 0 Å². The molecule has 2 aromatic rings. The SMILES string of the molecule is CC(C)(C)[C@H](NC(=O)c1nn(CCCCC(N)=O)c2ccccc12)C(=O)NC1CC1. The Morgan fingerprint density at radius 2 is 1.90 bits per heavy atom. The number of primary amides is 1. The molecule has 1 aliphatic carbocycles. The molecule has 162 valence electrons. The zero-order valence-corrected chi connectivity index (χ0v) is 17.9. The normalized spacial score (nSPS) is 15.0. The molecule has 30 heavy (non-hydrogen) atoms. The molecular formula is C22H31N5O3. The number of fused-ring (bicyclic) bond motifs is 1. The van der Waals surface area contributed by atoms with Crippen LogP contribution in [-0.2, 0) is 16.1 Å². The Bertz CT molecular complexity index is 940. The molecule has 1 aromatic heterocycles. The van der Waals surface area contributed by atoms with E-state index in [1.807, 2.05) is 45.0 Å². The second-order valence-corrected chi connectivity index (χ2v) is 9.07. The number of nitrogens with one attached hydrogen (secondary N) is 2. The van der Waals surface area contributed by atoms with Gasteiger partial charge in [0.2, 0.25) is 11.8 Å². The molecule has 0 aliphatic heterocycles. The summed E-state index contributed by atoms with van der Waals surface area (Å²) in [7, 11) is 0. The van der Waals surface area contributed by atoms with E-state index in [9.17, 15) is 14.4 Å². The van der Waals surface area contributed by atoms with Crippen molar-refractivity contribution in [2.45, 2.75) is 71.5 Å². The molecule has 1 heterocycles. The molecule has 1 fully saturated rings.